The third kappa shape index (κ3) is 3.38. The van der Waals surface area contributed by atoms with Gasteiger partial charge in [0.05, 0.1) is 6.07 Å². The van der Waals surface area contributed by atoms with Crippen molar-refractivity contribution in [2.45, 2.75) is 52.9 Å². The van der Waals surface area contributed by atoms with Gasteiger partial charge in [-0.05, 0) is 42.9 Å². The average Bonchev–Trinajstić information content (AvgIpc) is 2.15. The van der Waals surface area contributed by atoms with Crippen molar-refractivity contribution in [3.63, 3.8) is 0 Å². The van der Waals surface area contributed by atoms with Crippen LogP contribution in [0.1, 0.15) is 52.9 Å². The molecule has 0 amide bonds. The summed E-state index contributed by atoms with van der Waals surface area (Å²) in [5.74, 6) is 1.40. The minimum absolute atomic E-state index is 0.408. The normalized spacial score (nSPS) is 27.5. The zero-order chi connectivity index (χ0) is 11.5. The summed E-state index contributed by atoms with van der Waals surface area (Å²) in [5.41, 5.74) is 1.79. The van der Waals surface area contributed by atoms with E-state index in [2.05, 4.69) is 33.4 Å². The van der Waals surface area contributed by atoms with Crippen molar-refractivity contribution in [3.05, 3.63) is 12.2 Å². The molecule has 0 bridgehead atoms. The largest absolute Gasteiger partial charge is 0.198 e. The Morgan fingerprint density at radius 1 is 1.47 bits per heavy atom. The highest BCUT2D eigenvalue weighted by Crippen LogP contribution is 2.43. The molecule has 2 atom stereocenters. The summed E-state index contributed by atoms with van der Waals surface area (Å²) in [5, 5.41) is 8.63. The first-order valence-electron chi connectivity index (χ1n) is 5.99. The Kier molecular flexibility index (Phi) is 3.97. The minimum Gasteiger partial charge on any atom is -0.198 e. The lowest BCUT2D eigenvalue weighted by Gasteiger charge is -2.38. The fraction of sp³-hybridized carbons (Fsp3) is 0.786. The highest BCUT2D eigenvalue weighted by atomic mass is 14.4. The van der Waals surface area contributed by atoms with E-state index in [9.17, 15) is 0 Å². The van der Waals surface area contributed by atoms with E-state index in [0.29, 0.717) is 17.8 Å². The molecule has 0 N–H and O–H groups in total. The second-order valence-corrected chi connectivity index (χ2v) is 5.89. The predicted octanol–water partition coefficient (Wildman–Crippen LogP) is 4.31. The Labute approximate surface area is 94.2 Å². The zero-order valence-electron chi connectivity index (χ0n) is 10.3. The lowest BCUT2D eigenvalue weighted by Crippen LogP contribution is -2.27. The van der Waals surface area contributed by atoms with Crippen LogP contribution in [-0.2, 0) is 0 Å². The van der Waals surface area contributed by atoms with E-state index in [1.165, 1.54) is 18.4 Å². The van der Waals surface area contributed by atoms with Crippen LogP contribution in [0.25, 0.3) is 0 Å². The van der Waals surface area contributed by atoms with Crippen LogP contribution in [0.2, 0.25) is 0 Å². The maximum Gasteiger partial charge on any atom is 0.0621 e. The maximum atomic E-state index is 8.63. The topological polar surface area (TPSA) is 23.8 Å². The van der Waals surface area contributed by atoms with Gasteiger partial charge < -0.3 is 0 Å². The molecular weight excluding hydrogens is 182 g/mol. The number of nitriles is 1. The molecule has 0 aromatic rings. The highest BCUT2D eigenvalue weighted by Gasteiger charge is 2.31. The first kappa shape index (κ1) is 12.3. The van der Waals surface area contributed by atoms with Crippen LogP contribution in [0, 0.1) is 28.6 Å². The molecule has 0 radical (unpaired) electrons. The number of allylic oxidation sites excluding steroid dienone is 1. The Hall–Kier alpha value is -0.770. The van der Waals surface area contributed by atoms with E-state index >= 15 is 0 Å². The van der Waals surface area contributed by atoms with E-state index in [1.807, 2.05) is 0 Å². The third-order valence-corrected chi connectivity index (χ3v) is 3.79. The molecule has 1 fully saturated rings. The van der Waals surface area contributed by atoms with Crippen LogP contribution in [0.3, 0.4) is 0 Å². The second-order valence-electron chi connectivity index (χ2n) is 5.89. The van der Waals surface area contributed by atoms with E-state index < -0.39 is 0 Å². The van der Waals surface area contributed by atoms with Gasteiger partial charge >= 0.3 is 0 Å². The van der Waals surface area contributed by atoms with Crippen molar-refractivity contribution in [3.8, 4) is 6.07 Å². The first-order chi connectivity index (χ1) is 6.95. The van der Waals surface area contributed by atoms with Crippen LogP contribution >= 0.6 is 0 Å². The molecule has 1 heteroatoms. The Balaban J connectivity index is 2.57. The van der Waals surface area contributed by atoms with Gasteiger partial charge in [-0.15, -0.1) is 0 Å². The van der Waals surface area contributed by atoms with Gasteiger partial charge in [0.25, 0.3) is 0 Å². The number of rotatable bonds is 2. The predicted molar refractivity (Wildman–Crippen MR) is 64.3 cm³/mol. The summed E-state index contributed by atoms with van der Waals surface area (Å²) in [7, 11) is 0. The van der Waals surface area contributed by atoms with Gasteiger partial charge in [-0.25, -0.2) is 0 Å². The van der Waals surface area contributed by atoms with Gasteiger partial charge in [-0.3, -0.25) is 0 Å². The summed E-state index contributed by atoms with van der Waals surface area (Å²) >= 11 is 0. The van der Waals surface area contributed by atoms with E-state index in [-0.39, 0.29) is 0 Å². The lowest BCUT2D eigenvalue weighted by molar-refractivity contribution is 0.166. The van der Waals surface area contributed by atoms with Crippen LogP contribution in [0.5, 0.6) is 0 Å². The average molecular weight is 205 g/mol. The molecule has 1 nitrogen and oxygen atoms in total. The van der Waals surface area contributed by atoms with E-state index in [1.54, 1.807) is 0 Å². The molecule has 0 unspecified atom stereocenters. The molecule has 0 saturated heterocycles. The standard InChI is InChI=1S/C14H23N/c1-11-7-8-13(14(2,3)4)10-12(11)6-5-9-15/h12-13H,1,5-8,10H2,2-4H3/t12-,13-/m0/s1. The number of hydrogen-bond acceptors (Lipinski definition) is 1. The molecule has 0 aliphatic heterocycles. The molecule has 84 valence electrons. The fourth-order valence-electron chi connectivity index (χ4n) is 2.54. The summed E-state index contributed by atoms with van der Waals surface area (Å²) in [4.78, 5) is 0. The first-order valence-corrected chi connectivity index (χ1v) is 5.99. The Morgan fingerprint density at radius 2 is 2.13 bits per heavy atom. The lowest BCUT2D eigenvalue weighted by atomic mass is 9.67. The van der Waals surface area contributed by atoms with Crippen molar-refractivity contribution in [2.75, 3.05) is 0 Å². The van der Waals surface area contributed by atoms with Gasteiger partial charge in [0.15, 0.2) is 0 Å². The summed E-state index contributed by atoms with van der Waals surface area (Å²) in [6.07, 6.45) is 5.38. The van der Waals surface area contributed by atoms with Crippen LogP contribution < -0.4 is 0 Å². The Morgan fingerprint density at radius 3 is 2.67 bits per heavy atom. The monoisotopic (exact) mass is 205 g/mol. The molecule has 15 heavy (non-hydrogen) atoms. The zero-order valence-corrected chi connectivity index (χ0v) is 10.3. The summed E-state index contributed by atoms with van der Waals surface area (Å²) in [6.45, 7) is 11.1. The van der Waals surface area contributed by atoms with Gasteiger partial charge in [0.2, 0.25) is 0 Å². The van der Waals surface area contributed by atoms with E-state index in [0.717, 1.165) is 18.8 Å². The van der Waals surface area contributed by atoms with Gasteiger partial charge in [-0.1, -0.05) is 32.9 Å². The van der Waals surface area contributed by atoms with Gasteiger partial charge in [0, 0.05) is 6.42 Å². The third-order valence-electron chi connectivity index (χ3n) is 3.79. The molecule has 0 aromatic heterocycles. The fourth-order valence-corrected chi connectivity index (χ4v) is 2.54. The quantitative estimate of drug-likeness (QED) is 0.616. The second kappa shape index (κ2) is 4.84. The molecule has 0 aromatic carbocycles. The van der Waals surface area contributed by atoms with Crippen molar-refractivity contribution in [1.29, 1.82) is 5.26 Å². The van der Waals surface area contributed by atoms with E-state index in [4.69, 9.17) is 5.26 Å². The van der Waals surface area contributed by atoms with Gasteiger partial charge in [-0.2, -0.15) is 5.26 Å². The molecule has 1 aliphatic rings. The molecule has 0 spiro atoms. The molecule has 1 rings (SSSR count). The molecule has 0 heterocycles. The maximum absolute atomic E-state index is 8.63. The Bertz CT molecular complexity index is 264. The molecule has 1 saturated carbocycles. The van der Waals surface area contributed by atoms with Crippen molar-refractivity contribution >= 4 is 0 Å². The van der Waals surface area contributed by atoms with Gasteiger partial charge in [0.1, 0.15) is 0 Å². The van der Waals surface area contributed by atoms with Crippen molar-refractivity contribution < 1.29 is 0 Å². The summed E-state index contributed by atoms with van der Waals surface area (Å²) in [6, 6.07) is 2.25. The minimum atomic E-state index is 0.408. The molecular formula is C14H23N. The van der Waals surface area contributed by atoms with Crippen LogP contribution in [0.15, 0.2) is 12.2 Å². The van der Waals surface area contributed by atoms with Crippen molar-refractivity contribution in [2.24, 2.45) is 17.3 Å². The van der Waals surface area contributed by atoms with Crippen molar-refractivity contribution in [1.82, 2.24) is 0 Å². The smallest absolute Gasteiger partial charge is 0.0621 e. The highest BCUT2D eigenvalue weighted by molar-refractivity contribution is 5.06. The number of nitrogens with zero attached hydrogens (tertiary/aromatic N) is 1. The van der Waals surface area contributed by atoms with Crippen LogP contribution in [0.4, 0.5) is 0 Å². The summed E-state index contributed by atoms with van der Waals surface area (Å²) < 4.78 is 0. The van der Waals surface area contributed by atoms with Crippen LogP contribution in [-0.4, -0.2) is 0 Å². The SMILES string of the molecule is C=C1CC[C@H](C(C)(C)C)C[C@@H]1CCC#N. The number of hydrogen-bond donors (Lipinski definition) is 0. The molecule has 1 aliphatic carbocycles.